The Hall–Kier alpha value is -1.17. The fourth-order valence-electron chi connectivity index (χ4n) is 1.61. The van der Waals surface area contributed by atoms with Gasteiger partial charge in [0.1, 0.15) is 16.6 Å². The van der Waals surface area contributed by atoms with Crippen molar-refractivity contribution < 1.29 is 9.13 Å². The zero-order valence-electron chi connectivity index (χ0n) is 11.7. The zero-order valence-corrected chi connectivity index (χ0v) is 14.0. The van der Waals surface area contributed by atoms with E-state index in [0.29, 0.717) is 27.8 Å². The summed E-state index contributed by atoms with van der Waals surface area (Å²) in [5.74, 6) is 0.200. The first kappa shape index (κ1) is 16.2. The van der Waals surface area contributed by atoms with Crippen molar-refractivity contribution in [2.45, 2.75) is 26.4 Å². The van der Waals surface area contributed by atoms with Crippen LogP contribution in [-0.4, -0.2) is 11.0 Å². The monoisotopic (exact) mass is 372 g/mol. The number of benzene rings is 1. The van der Waals surface area contributed by atoms with Crippen molar-refractivity contribution in [1.82, 2.24) is 10.3 Å². The van der Waals surface area contributed by atoms with Crippen LogP contribution in [0.4, 0.5) is 4.39 Å². The van der Waals surface area contributed by atoms with Crippen molar-refractivity contribution in [2.24, 2.45) is 0 Å². The van der Waals surface area contributed by atoms with Gasteiger partial charge in [-0.2, -0.15) is 0 Å². The molecule has 0 radical (unpaired) electrons. The topological polar surface area (TPSA) is 34.2 Å². The summed E-state index contributed by atoms with van der Waals surface area (Å²) in [7, 11) is 0. The molecule has 0 amide bonds. The molecule has 0 aliphatic carbocycles. The molecule has 0 saturated heterocycles. The summed E-state index contributed by atoms with van der Waals surface area (Å²) in [6.07, 6.45) is 1.69. The summed E-state index contributed by atoms with van der Waals surface area (Å²) in [4.78, 5) is 4.18. The minimum absolute atomic E-state index is 0.256. The SMILES string of the molecule is CC(C)NCc1cnc(Oc2ccc(Br)c(F)c2)c(Cl)c1. The van der Waals surface area contributed by atoms with E-state index in [9.17, 15) is 4.39 Å². The molecule has 3 nitrogen and oxygen atoms in total. The first-order chi connectivity index (χ1) is 9.95. The van der Waals surface area contributed by atoms with Gasteiger partial charge in [0.25, 0.3) is 0 Å². The van der Waals surface area contributed by atoms with Crippen molar-refractivity contribution >= 4 is 27.5 Å². The molecule has 6 heteroatoms. The van der Waals surface area contributed by atoms with Gasteiger partial charge in [-0.05, 0) is 39.7 Å². The summed E-state index contributed by atoms with van der Waals surface area (Å²) in [5.41, 5.74) is 0.961. The first-order valence-corrected chi connectivity index (χ1v) is 7.63. The molecule has 1 aromatic carbocycles. The van der Waals surface area contributed by atoms with Crippen LogP contribution in [0.2, 0.25) is 5.02 Å². The molecule has 2 rings (SSSR count). The third kappa shape index (κ3) is 4.66. The molecule has 112 valence electrons. The number of aromatic nitrogens is 1. The molecule has 21 heavy (non-hydrogen) atoms. The van der Waals surface area contributed by atoms with Crippen LogP contribution >= 0.6 is 27.5 Å². The standard InChI is InChI=1S/C15H15BrClFN2O/c1-9(2)19-7-10-5-13(17)15(20-8-10)21-11-3-4-12(16)14(18)6-11/h3-6,8-9,19H,7H2,1-2H3. The third-order valence-electron chi connectivity index (χ3n) is 2.68. The Labute approximate surface area is 136 Å². The molecule has 2 aromatic rings. The van der Waals surface area contributed by atoms with Crippen LogP contribution in [0.3, 0.4) is 0 Å². The molecule has 0 aliphatic heterocycles. The lowest BCUT2D eigenvalue weighted by atomic mass is 10.2. The van der Waals surface area contributed by atoms with Gasteiger partial charge in [-0.3, -0.25) is 0 Å². The number of nitrogens with one attached hydrogen (secondary N) is 1. The van der Waals surface area contributed by atoms with Crippen molar-refractivity contribution in [3.05, 3.63) is 51.3 Å². The second-order valence-corrected chi connectivity index (χ2v) is 6.11. The van der Waals surface area contributed by atoms with Gasteiger partial charge < -0.3 is 10.1 Å². The number of hydrogen-bond donors (Lipinski definition) is 1. The molecular formula is C15H15BrClFN2O. The lowest BCUT2D eigenvalue weighted by molar-refractivity contribution is 0.457. The molecule has 1 N–H and O–H groups in total. The van der Waals surface area contributed by atoms with Crippen LogP contribution in [-0.2, 0) is 6.54 Å². The number of nitrogens with zero attached hydrogens (tertiary/aromatic N) is 1. The molecule has 0 atom stereocenters. The first-order valence-electron chi connectivity index (χ1n) is 6.46. The normalized spacial score (nSPS) is 11.0. The summed E-state index contributed by atoms with van der Waals surface area (Å²) >= 11 is 9.24. The highest BCUT2D eigenvalue weighted by atomic mass is 79.9. The Kier molecular flexibility index (Phi) is 5.56. The van der Waals surface area contributed by atoms with Gasteiger partial charge in [0, 0.05) is 24.8 Å². The lowest BCUT2D eigenvalue weighted by Crippen LogP contribution is -2.21. The number of hydrogen-bond acceptors (Lipinski definition) is 3. The Balaban J connectivity index is 2.11. The Bertz CT molecular complexity index is 637. The average Bonchev–Trinajstić information content (AvgIpc) is 2.43. The maximum Gasteiger partial charge on any atom is 0.238 e. The van der Waals surface area contributed by atoms with Gasteiger partial charge in [0.2, 0.25) is 5.88 Å². The largest absolute Gasteiger partial charge is 0.437 e. The van der Waals surface area contributed by atoms with Crippen LogP contribution in [0.25, 0.3) is 0 Å². The molecule has 1 aromatic heterocycles. The Morgan fingerprint density at radius 1 is 1.38 bits per heavy atom. The van der Waals surface area contributed by atoms with Crippen LogP contribution in [0, 0.1) is 5.82 Å². The third-order valence-corrected chi connectivity index (χ3v) is 3.60. The van der Waals surface area contributed by atoms with Crippen molar-refractivity contribution in [1.29, 1.82) is 0 Å². The second kappa shape index (κ2) is 7.20. The summed E-state index contributed by atoms with van der Waals surface area (Å²) in [6.45, 7) is 4.81. The second-order valence-electron chi connectivity index (χ2n) is 4.84. The number of pyridine rings is 1. The van der Waals surface area contributed by atoms with Crippen LogP contribution < -0.4 is 10.1 Å². The molecule has 0 saturated carbocycles. The highest BCUT2D eigenvalue weighted by molar-refractivity contribution is 9.10. The zero-order chi connectivity index (χ0) is 15.4. The van der Waals surface area contributed by atoms with Crippen LogP contribution in [0.5, 0.6) is 11.6 Å². The minimum atomic E-state index is -0.402. The highest BCUT2D eigenvalue weighted by Gasteiger charge is 2.08. The van der Waals surface area contributed by atoms with Gasteiger partial charge in [0.05, 0.1) is 4.47 Å². The van der Waals surface area contributed by atoms with E-state index in [1.54, 1.807) is 24.4 Å². The molecule has 1 heterocycles. The summed E-state index contributed by atoms with van der Waals surface area (Å²) in [5, 5.41) is 3.67. The molecule has 0 aliphatic rings. The maximum atomic E-state index is 13.4. The predicted molar refractivity (Wildman–Crippen MR) is 85.4 cm³/mol. The van der Waals surface area contributed by atoms with Gasteiger partial charge in [-0.1, -0.05) is 25.4 Å². The summed E-state index contributed by atoms with van der Waals surface area (Å²) in [6, 6.07) is 6.65. The Morgan fingerprint density at radius 2 is 2.14 bits per heavy atom. The smallest absolute Gasteiger partial charge is 0.238 e. The number of halogens is 3. The molecular weight excluding hydrogens is 359 g/mol. The van der Waals surface area contributed by atoms with E-state index < -0.39 is 5.82 Å². The highest BCUT2D eigenvalue weighted by Crippen LogP contribution is 2.29. The van der Waals surface area contributed by atoms with Gasteiger partial charge in [0.15, 0.2) is 0 Å². The van der Waals surface area contributed by atoms with Crippen molar-refractivity contribution in [3.8, 4) is 11.6 Å². The van der Waals surface area contributed by atoms with E-state index in [1.165, 1.54) is 6.07 Å². The molecule has 0 bridgehead atoms. The van der Waals surface area contributed by atoms with E-state index in [1.807, 2.05) is 0 Å². The van der Waals surface area contributed by atoms with Crippen molar-refractivity contribution in [2.75, 3.05) is 0 Å². The van der Waals surface area contributed by atoms with Crippen LogP contribution in [0.1, 0.15) is 19.4 Å². The average molecular weight is 374 g/mol. The molecule has 0 fully saturated rings. The predicted octanol–water partition coefficient (Wildman–Crippen LogP) is 4.93. The van der Waals surface area contributed by atoms with E-state index in [-0.39, 0.29) is 5.88 Å². The maximum absolute atomic E-state index is 13.4. The fourth-order valence-corrected chi connectivity index (χ4v) is 2.08. The van der Waals surface area contributed by atoms with E-state index in [4.69, 9.17) is 16.3 Å². The van der Waals surface area contributed by atoms with Gasteiger partial charge in [-0.25, -0.2) is 9.37 Å². The van der Waals surface area contributed by atoms with E-state index in [0.717, 1.165) is 5.56 Å². The van der Waals surface area contributed by atoms with E-state index in [2.05, 4.69) is 40.1 Å². The van der Waals surface area contributed by atoms with E-state index >= 15 is 0 Å². The van der Waals surface area contributed by atoms with Crippen molar-refractivity contribution in [3.63, 3.8) is 0 Å². The number of rotatable bonds is 5. The summed E-state index contributed by atoms with van der Waals surface area (Å²) < 4.78 is 19.3. The lowest BCUT2D eigenvalue weighted by Gasteiger charge is -2.10. The molecule has 0 spiro atoms. The molecule has 0 unspecified atom stereocenters. The minimum Gasteiger partial charge on any atom is -0.437 e. The van der Waals surface area contributed by atoms with Gasteiger partial charge in [-0.15, -0.1) is 0 Å². The fraction of sp³-hybridized carbons (Fsp3) is 0.267. The van der Waals surface area contributed by atoms with Gasteiger partial charge >= 0.3 is 0 Å². The van der Waals surface area contributed by atoms with Crippen LogP contribution in [0.15, 0.2) is 34.9 Å². The quantitative estimate of drug-likeness (QED) is 0.807. The Morgan fingerprint density at radius 3 is 2.76 bits per heavy atom. The number of ether oxygens (including phenoxy) is 1.